The quantitative estimate of drug-likeness (QED) is 0.477. The van der Waals surface area contributed by atoms with Crippen LogP contribution in [0.4, 0.5) is 11.5 Å². The number of pyridine rings is 1. The molecule has 0 bridgehead atoms. The van der Waals surface area contributed by atoms with E-state index < -0.39 is 17.4 Å². The Bertz CT molecular complexity index is 1300. The molecule has 1 aromatic carbocycles. The number of aromatic nitrogens is 2. The molecule has 1 saturated carbocycles. The number of likely N-dealkylation sites (tertiary alicyclic amines) is 1. The molecular weight excluding hydrogens is 474 g/mol. The number of nitrogens with one attached hydrogen (secondary N) is 1. The Morgan fingerprint density at radius 1 is 1.28 bits per heavy atom. The fourth-order valence-corrected chi connectivity index (χ4v) is 6.00. The zero-order valence-corrected chi connectivity index (χ0v) is 21.9. The Hall–Kier alpha value is -3.04. The van der Waals surface area contributed by atoms with Crippen molar-refractivity contribution in [2.75, 3.05) is 31.3 Å². The van der Waals surface area contributed by atoms with Gasteiger partial charge in [0.25, 0.3) is 0 Å². The minimum atomic E-state index is -0.653. The molecule has 5 rings (SSSR count). The first kappa shape index (κ1) is 24.6. The molecule has 36 heavy (non-hydrogen) atoms. The van der Waals surface area contributed by atoms with Gasteiger partial charge in [-0.25, -0.2) is 9.97 Å². The van der Waals surface area contributed by atoms with Crippen LogP contribution in [0.1, 0.15) is 61.6 Å². The van der Waals surface area contributed by atoms with Gasteiger partial charge in [0.2, 0.25) is 0 Å². The fourth-order valence-electron chi connectivity index (χ4n) is 5.07. The number of carbonyl (C=O) groups excluding carboxylic acids is 2. The lowest BCUT2D eigenvalue weighted by Crippen LogP contribution is -2.55. The summed E-state index contributed by atoms with van der Waals surface area (Å²) in [6.07, 6.45) is 6.18. The number of fused-ring (bicyclic) bond motifs is 1. The van der Waals surface area contributed by atoms with Gasteiger partial charge in [-0.15, -0.1) is 11.3 Å². The van der Waals surface area contributed by atoms with E-state index in [2.05, 4.69) is 42.3 Å². The summed E-state index contributed by atoms with van der Waals surface area (Å²) in [5.74, 6) is 0.000344. The molecule has 8 nitrogen and oxygen atoms in total. The highest BCUT2D eigenvalue weighted by Crippen LogP contribution is 2.43. The molecule has 0 radical (unpaired) electrons. The Morgan fingerprint density at radius 2 is 2.08 bits per heavy atom. The Kier molecular flexibility index (Phi) is 6.70. The summed E-state index contributed by atoms with van der Waals surface area (Å²) >= 11 is 1.66. The summed E-state index contributed by atoms with van der Waals surface area (Å²) in [5, 5.41) is 3.80. The third-order valence-corrected chi connectivity index (χ3v) is 8.55. The van der Waals surface area contributed by atoms with Crippen LogP contribution in [-0.4, -0.2) is 46.9 Å². The molecule has 0 unspecified atom stereocenters. The Morgan fingerprint density at radius 3 is 2.83 bits per heavy atom. The second-order valence-electron chi connectivity index (χ2n) is 10.3. The van der Waals surface area contributed by atoms with Crippen molar-refractivity contribution in [2.24, 2.45) is 5.92 Å². The van der Waals surface area contributed by atoms with E-state index in [9.17, 15) is 9.59 Å². The lowest BCUT2D eigenvalue weighted by atomic mass is 9.79. The minimum absolute atomic E-state index is 0.304. The average Bonchev–Trinajstić information content (AvgIpc) is 3.63. The largest absolute Gasteiger partial charge is 0.384 e. The molecule has 2 aliphatic rings. The van der Waals surface area contributed by atoms with Gasteiger partial charge >= 0.3 is 11.8 Å². The highest BCUT2D eigenvalue weighted by atomic mass is 32.1. The van der Waals surface area contributed by atoms with Crippen molar-refractivity contribution in [3.05, 3.63) is 46.6 Å². The van der Waals surface area contributed by atoms with Crippen molar-refractivity contribution in [3.63, 3.8) is 0 Å². The molecule has 0 spiro atoms. The van der Waals surface area contributed by atoms with Crippen LogP contribution < -0.4 is 11.1 Å². The number of carbonyl (C=O) groups is 2. The van der Waals surface area contributed by atoms with Gasteiger partial charge in [-0.1, -0.05) is 13.0 Å². The second kappa shape index (κ2) is 9.78. The molecule has 9 heteroatoms. The topological polar surface area (TPSA) is 110 Å². The maximum Gasteiger partial charge on any atom is 0.313 e. The van der Waals surface area contributed by atoms with E-state index in [1.807, 2.05) is 6.07 Å². The molecule has 2 amide bonds. The van der Waals surface area contributed by atoms with E-state index in [1.54, 1.807) is 23.3 Å². The average molecular weight is 508 g/mol. The number of rotatable bonds is 6. The number of thiazole rings is 1. The predicted molar refractivity (Wildman–Crippen MR) is 142 cm³/mol. The molecule has 2 aromatic heterocycles. The van der Waals surface area contributed by atoms with E-state index in [0.717, 1.165) is 58.5 Å². The summed E-state index contributed by atoms with van der Waals surface area (Å²) < 4.78 is 6.30. The number of anilines is 2. The molecule has 2 fully saturated rings. The van der Waals surface area contributed by atoms with Crippen LogP contribution in [0.2, 0.25) is 0 Å². The number of piperidine rings is 1. The predicted octanol–water partition coefficient (Wildman–Crippen LogP) is 4.45. The number of methoxy groups -OCH3 is 1. The van der Waals surface area contributed by atoms with E-state index in [-0.39, 0.29) is 0 Å². The van der Waals surface area contributed by atoms with E-state index in [0.29, 0.717) is 36.5 Å². The number of amides is 2. The van der Waals surface area contributed by atoms with Crippen molar-refractivity contribution < 1.29 is 14.3 Å². The van der Waals surface area contributed by atoms with Gasteiger partial charge in [-0.2, -0.15) is 0 Å². The SMILES string of the molecule is COCCc1nc2cc([C@]3(C)CC[C@H](C)CN3C(=O)C(=O)Nc3cnc(N)c(C4CC4)c3)ccc2s1. The maximum absolute atomic E-state index is 13.6. The number of hydrogen-bond donors (Lipinski definition) is 2. The molecule has 1 saturated heterocycles. The standard InChI is InChI=1S/C27H33N5O3S/c1-16-8-10-27(2,18-6-7-22-21(12-18)31-23(36-22)9-11-35-3)32(15-16)26(34)25(33)30-19-13-20(17-4-5-17)24(28)29-14-19/h6-7,12-14,16-17H,4-5,8-11,15H2,1-3H3,(H2,28,29)(H,30,33)/t16-,27-/m0/s1. The number of nitrogens with two attached hydrogens (primary N) is 1. The second-order valence-corrected chi connectivity index (χ2v) is 11.4. The van der Waals surface area contributed by atoms with Crippen LogP contribution >= 0.6 is 11.3 Å². The number of ether oxygens (including phenoxy) is 1. The monoisotopic (exact) mass is 507 g/mol. The van der Waals surface area contributed by atoms with Crippen LogP contribution in [0.3, 0.4) is 0 Å². The third kappa shape index (κ3) is 4.82. The van der Waals surface area contributed by atoms with Gasteiger partial charge in [0.05, 0.1) is 39.3 Å². The van der Waals surface area contributed by atoms with Crippen molar-refractivity contribution in [3.8, 4) is 0 Å². The number of nitrogen functional groups attached to an aromatic ring is 1. The van der Waals surface area contributed by atoms with Gasteiger partial charge in [0.15, 0.2) is 0 Å². The normalized spacial score (nSPS) is 22.1. The highest BCUT2D eigenvalue weighted by molar-refractivity contribution is 7.18. The lowest BCUT2D eigenvalue weighted by molar-refractivity contribution is -0.150. The summed E-state index contributed by atoms with van der Waals surface area (Å²) in [4.78, 5) is 37.5. The zero-order chi connectivity index (χ0) is 25.4. The molecular formula is C27H33N5O3S. The van der Waals surface area contributed by atoms with Gasteiger partial charge in [-0.05, 0) is 73.8 Å². The fraction of sp³-hybridized carbons (Fsp3) is 0.481. The molecule has 2 atom stereocenters. The summed E-state index contributed by atoms with van der Waals surface area (Å²) in [7, 11) is 1.69. The molecule has 190 valence electrons. The van der Waals surface area contributed by atoms with Crippen LogP contribution in [0.25, 0.3) is 10.2 Å². The highest BCUT2D eigenvalue weighted by Gasteiger charge is 2.43. The first-order valence-corrected chi connectivity index (χ1v) is 13.4. The molecule has 3 heterocycles. The first-order chi connectivity index (χ1) is 17.3. The number of benzene rings is 1. The van der Waals surface area contributed by atoms with Gasteiger partial charge < -0.3 is 20.7 Å². The van der Waals surface area contributed by atoms with E-state index in [4.69, 9.17) is 15.5 Å². The molecule has 3 aromatic rings. The third-order valence-electron chi connectivity index (χ3n) is 7.45. The first-order valence-electron chi connectivity index (χ1n) is 12.6. The smallest absolute Gasteiger partial charge is 0.313 e. The number of hydrogen-bond acceptors (Lipinski definition) is 7. The van der Waals surface area contributed by atoms with Crippen LogP contribution in [0, 0.1) is 5.92 Å². The van der Waals surface area contributed by atoms with Crippen molar-refractivity contribution >= 4 is 44.9 Å². The van der Waals surface area contributed by atoms with Gasteiger partial charge in [0.1, 0.15) is 5.82 Å². The molecule has 3 N–H and O–H groups in total. The minimum Gasteiger partial charge on any atom is -0.384 e. The summed E-state index contributed by atoms with van der Waals surface area (Å²) in [6.45, 7) is 5.32. The Balaban J connectivity index is 1.40. The van der Waals surface area contributed by atoms with E-state index >= 15 is 0 Å². The van der Waals surface area contributed by atoms with Crippen molar-refractivity contribution in [1.82, 2.24) is 14.9 Å². The van der Waals surface area contributed by atoms with Crippen LogP contribution in [0.5, 0.6) is 0 Å². The summed E-state index contributed by atoms with van der Waals surface area (Å²) in [5.41, 5.74) is 8.76. The number of nitrogens with zero attached hydrogens (tertiary/aromatic N) is 3. The zero-order valence-electron chi connectivity index (χ0n) is 21.0. The van der Waals surface area contributed by atoms with Gasteiger partial charge in [-0.3, -0.25) is 9.59 Å². The Labute approximate surface area is 215 Å². The van der Waals surface area contributed by atoms with Gasteiger partial charge in [0, 0.05) is 20.1 Å². The van der Waals surface area contributed by atoms with Crippen LogP contribution in [0.15, 0.2) is 30.5 Å². The maximum atomic E-state index is 13.6. The van der Waals surface area contributed by atoms with E-state index in [1.165, 1.54) is 6.20 Å². The molecule has 1 aliphatic carbocycles. The lowest BCUT2D eigenvalue weighted by Gasteiger charge is -2.47. The molecule has 1 aliphatic heterocycles. The summed E-state index contributed by atoms with van der Waals surface area (Å²) in [6, 6.07) is 8.06. The van der Waals surface area contributed by atoms with Crippen molar-refractivity contribution in [2.45, 2.75) is 57.4 Å². The van der Waals surface area contributed by atoms with Crippen LogP contribution in [-0.2, 0) is 26.3 Å². The van der Waals surface area contributed by atoms with Crippen molar-refractivity contribution in [1.29, 1.82) is 0 Å².